The van der Waals surface area contributed by atoms with Gasteiger partial charge in [-0.1, -0.05) is 43.1 Å². The van der Waals surface area contributed by atoms with E-state index >= 15 is 0 Å². The van der Waals surface area contributed by atoms with E-state index in [0.717, 1.165) is 0 Å². The van der Waals surface area contributed by atoms with Crippen molar-refractivity contribution in [3.05, 3.63) is 64.2 Å². The van der Waals surface area contributed by atoms with Gasteiger partial charge in [0.1, 0.15) is 11.4 Å². The highest BCUT2D eigenvalue weighted by atomic mass is 35.5. The lowest BCUT2D eigenvalue weighted by Crippen LogP contribution is -2.55. The average Bonchev–Trinajstić information content (AvgIpc) is 3.09. The molecule has 4 rings (SSSR count). The summed E-state index contributed by atoms with van der Waals surface area (Å²) in [7, 11) is 0. The van der Waals surface area contributed by atoms with Crippen LogP contribution in [0.4, 0.5) is 11.4 Å². The molecule has 1 fully saturated rings. The van der Waals surface area contributed by atoms with Crippen LogP contribution in [0.15, 0.2) is 42.7 Å². The number of nitrogens with two attached hydrogens (primary N) is 1. The molecule has 0 spiro atoms. The van der Waals surface area contributed by atoms with Crippen LogP contribution < -0.4 is 11.1 Å². The first-order valence-corrected chi connectivity index (χ1v) is 10.3. The van der Waals surface area contributed by atoms with Crippen molar-refractivity contribution >= 4 is 46.4 Å². The monoisotopic (exact) mass is 458 g/mol. The maximum atomic E-state index is 12.5. The number of pyridine rings is 1. The molecule has 0 saturated carbocycles. The number of carbonyl (C=O) groups excluding carboxylic acids is 2. The Morgan fingerprint density at radius 3 is 2.35 bits per heavy atom. The summed E-state index contributed by atoms with van der Waals surface area (Å²) in [6.07, 6.45) is 3.08. The predicted octanol–water partition coefficient (Wildman–Crippen LogP) is 3.90. The average molecular weight is 459 g/mol. The van der Waals surface area contributed by atoms with Gasteiger partial charge in [-0.25, -0.2) is 9.67 Å². The summed E-state index contributed by atoms with van der Waals surface area (Å²) in [6.45, 7) is 5.64. The molecule has 3 N–H and O–H groups in total. The van der Waals surface area contributed by atoms with Gasteiger partial charge in [-0.15, -0.1) is 0 Å². The van der Waals surface area contributed by atoms with Crippen LogP contribution in [0, 0.1) is 5.41 Å². The molecule has 2 amide bonds. The van der Waals surface area contributed by atoms with Gasteiger partial charge in [0.15, 0.2) is 5.69 Å². The number of rotatable bonds is 5. The third-order valence-electron chi connectivity index (χ3n) is 4.90. The molecule has 8 nitrogen and oxygen atoms in total. The van der Waals surface area contributed by atoms with Crippen LogP contribution in [-0.4, -0.2) is 44.6 Å². The second-order valence-electron chi connectivity index (χ2n) is 8.15. The Balaban J connectivity index is 1.57. The van der Waals surface area contributed by atoms with E-state index in [-0.39, 0.29) is 17.0 Å². The summed E-state index contributed by atoms with van der Waals surface area (Å²) in [6, 6.07) is 8.38. The Hall–Kier alpha value is -3.10. The van der Waals surface area contributed by atoms with Crippen molar-refractivity contribution in [3.63, 3.8) is 0 Å². The third-order valence-corrected chi connectivity index (χ3v) is 5.51. The van der Waals surface area contributed by atoms with Crippen LogP contribution in [0.5, 0.6) is 0 Å². The van der Waals surface area contributed by atoms with Gasteiger partial charge < -0.3 is 16.0 Å². The second kappa shape index (κ2) is 7.86. The Kier molecular flexibility index (Phi) is 5.36. The van der Waals surface area contributed by atoms with Gasteiger partial charge in [0.2, 0.25) is 0 Å². The molecule has 0 unspecified atom stereocenters. The number of aromatic nitrogens is 3. The largest absolute Gasteiger partial charge is 0.364 e. The van der Waals surface area contributed by atoms with Crippen molar-refractivity contribution in [3.8, 4) is 5.69 Å². The fraction of sp³-hybridized carbons (Fsp3) is 0.238. The first-order valence-electron chi connectivity index (χ1n) is 9.51. The molecule has 10 heteroatoms. The number of nitrogens with zero attached hydrogens (tertiary/aromatic N) is 4. The van der Waals surface area contributed by atoms with Crippen LogP contribution in [0.3, 0.4) is 0 Å². The van der Waals surface area contributed by atoms with Gasteiger partial charge in [-0.05, 0) is 29.7 Å². The number of primary amides is 1. The number of hydrogen-bond donors (Lipinski definition) is 2. The number of para-hydroxylation sites is 1. The van der Waals surface area contributed by atoms with Crippen molar-refractivity contribution in [1.29, 1.82) is 0 Å². The topological polar surface area (TPSA) is 106 Å². The van der Waals surface area contributed by atoms with Crippen LogP contribution in [0.1, 0.15) is 34.8 Å². The Morgan fingerprint density at radius 1 is 1.13 bits per heavy atom. The molecular formula is C21H20Cl2N6O2. The Bertz CT molecular complexity index is 1140. The molecular weight excluding hydrogens is 439 g/mol. The van der Waals surface area contributed by atoms with Crippen LogP contribution in [0.2, 0.25) is 10.0 Å². The van der Waals surface area contributed by atoms with E-state index < -0.39 is 5.91 Å². The van der Waals surface area contributed by atoms with E-state index in [4.69, 9.17) is 28.9 Å². The smallest absolute Gasteiger partial charge is 0.272 e. The lowest BCUT2D eigenvalue weighted by molar-refractivity contribution is 0.0231. The molecule has 1 saturated heterocycles. The fourth-order valence-corrected chi connectivity index (χ4v) is 4.08. The number of carbonyl (C=O) groups is 2. The first kappa shape index (κ1) is 21.1. The molecule has 3 heterocycles. The van der Waals surface area contributed by atoms with Gasteiger partial charge in [0.25, 0.3) is 11.8 Å². The van der Waals surface area contributed by atoms with Gasteiger partial charge in [0, 0.05) is 13.1 Å². The molecule has 3 aromatic rings. The first-order chi connectivity index (χ1) is 14.6. The minimum Gasteiger partial charge on any atom is -0.364 e. The number of anilines is 2. The van der Waals surface area contributed by atoms with Gasteiger partial charge >= 0.3 is 0 Å². The highest BCUT2D eigenvalue weighted by Gasteiger charge is 2.37. The van der Waals surface area contributed by atoms with E-state index in [2.05, 4.69) is 29.2 Å². The fourth-order valence-electron chi connectivity index (χ4n) is 3.51. The molecule has 1 aliphatic rings. The van der Waals surface area contributed by atoms with E-state index in [9.17, 15) is 9.59 Å². The summed E-state index contributed by atoms with van der Waals surface area (Å²) in [5, 5.41) is 8.03. The van der Waals surface area contributed by atoms with Gasteiger partial charge in [0.05, 0.1) is 33.8 Å². The second-order valence-corrected chi connectivity index (χ2v) is 8.97. The van der Waals surface area contributed by atoms with E-state index in [1.165, 1.54) is 10.9 Å². The molecule has 0 bridgehead atoms. The minimum absolute atomic E-state index is 0.0129. The summed E-state index contributed by atoms with van der Waals surface area (Å²) >= 11 is 12.5. The van der Waals surface area contributed by atoms with Crippen molar-refractivity contribution in [2.24, 2.45) is 11.1 Å². The maximum absolute atomic E-state index is 12.5. The zero-order valence-corrected chi connectivity index (χ0v) is 18.4. The standard InChI is InChI=1S/C21H20Cl2N6O2/c1-21(2)10-28(11-21)20(31)15-7-6-12(8-25-15)26-16-9-29(27-17(16)19(24)30)18-13(22)4-3-5-14(18)23/h3-9,26H,10-11H2,1-2H3,(H2,24,30). The number of benzene rings is 1. The number of halogens is 2. The van der Waals surface area contributed by atoms with Crippen molar-refractivity contribution in [1.82, 2.24) is 19.7 Å². The quantitative estimate of drug-likeness (QED) is 0.602. The maximum Gasteiger partial charge on any atom is 0.272 e. The molecule has 0 radical (unpaired) electrons. The van der Waals surface area contributed by atoms with Crippen LogP contribution >= 0.6 is 23.2 Å². The SMILES string of the molecule is CC1(C)CN(C(=O)c2ccc(Nc3cn(-c4c(Cl)cccc4Cl)nc3C(N)=O)cn2)C1. The third kappa shape index (κ3) is 4.22. The summed E-state index contributed by atoms with van der Waals surface area (Å²) < 4.78 is 1.39. The zero-order chi connectivity index (χ0) is 22.3. The van der Waals surface area contributed by atoms with Crippen molar-refractivity contribution in [2.75, 3.05) is 18.4 Å². The molecule has 2 aromatic heterocycles. The summed E-state index contributed by atoms with van der Waals surface area (Å²) in [4.78, 5) is 30.4. The van der Waals surface area contributed by atoms with Crippen LogP contribution in [-0.2, 0) is 0 Å². The van der Waals surface area contributed by atoms with E-state index in [0.29, 0.717) is 45.9 Å². The van der Waals surface area contributed by atoms with E-state index in [1.807, 2.05) is 0 Å². The lowest BCUT2D eigenvalue weighted by atomic mass is 9.84. The Labute approximate surface area is 189 Å². The molecule has 0 atom stereocenters. The molecule has 1 aliphatic heterocycles. The highest BCUT2D eigenvalue weighted by molar-refractivity contribution is 6.37. The molecule has 160 valence electrons. The zero-order valence-electron chi connectivity index (χ0n) is 16.9. The number of likely N-dealkylation sites (tertiary alicyclic amines) is 1. The normalized spacial score (nSPS) is 14.8. The Morgan fingerprint density at radius 2 is 1.81 bits per heavy atom. The molecule has 1 aromatic carbocycles. The predicted molar refractivity (Wildman–Crippen MR) is 119 cm³/mol. The van der Waals surface area contributed by atoms with Gasteiger partial charge in [-0.3, -0.25) is 9.59 Å². The highest BCUT2D eigenvalue weighted by Crippen LogP contribution is 2.31. The lowest BCUT2D eigenvalue weighted by Gasteiger charge is -2.45. The minimum atomic E-state index is -0.718. The summed E-state index contributed by atoms with van der Waals surface area (Å²) in [5.74, 6) is -0.825. The van der Waals surface area contributed by atoms with Crippen LogP contribution in [0.25, 0.3) is 5.69 Å². The van der Waals surface area contributed by atoms with E-state index in [1.54, 1.807) is 41.4 Å². The van der Waals surface area contributed by atoms with Crippen molar-refractivity contribution < 1.29 is 9.59 Å². The number of hydrogen-bond acceptors (Lipinski definition) is 5. The molecule has 31 heavy (non-hydrogen) atoms. The number of amides is 2. The van der Waals surface area contributed by atoms with Crippen molar-refractivity contribution in [2.45, 2.75) is 13.8 Å². The summed E-state index contributed by atoms with van der Waals surface area (Å²) in [5.41, 5.74) is 7.35. The van der Waals surface area contributed by atoms with Gasteiger partial charge in [-0.2, -0.15) is 5.10 Å². The molecule has 0 aliphatic carbocycles. The number of nitrogens with one attached hydrogen (secondary N) is 1.